The van der Waals surface area contributed by atoms with Crippen LogP contribution in [0.15, 0.2) is 0 Å². The molecule has 0 aromatic carbocycles. The molecule has 1 fully saturated rings. The van der Waals surface area contributed by atoms with Crippen LogP contribution in [0.1, 0.15) is 51.4 Å². The molecule has 0 aromatic rings. The van der Waals surface area contributed by atoms with E-state index in [0.717, 1.165) is 12.8 Å². The van der Waals surface area contributed by atoms with Gasteiger partial charge in [0, 0.05) is 26.1 Å². The fourth-order valence-electron chi connectivity index (χ4n) is 2.64. The molecular weight excluding hydrogens is 433 g/mol. The van der Waals surface area contributed by atoms with Crippen LogP contribution in [0.5, 0.6) is 0 Å². The molecule has 29 heavy (non-hydrogen) atoms. The minimum absolute atomic E-state index is 0.132. The van der Waals surface area contributed by atoms with Gasteiger partial charge in [0.05, 0.1) is 0 Å². The van der Waals surface area contributed by atoms with Gasteiger partial charge in [-0.3, -0.25) is 0 Å². The summed E-state index contributed by atoms with van der Waals surface area (Å²) in [5.74, 6) is -27.3. The lowest BCUT2D eigenvalue weighted by Crippen LogP contribution is -2.66. The van der Waals surface area contributed by atoms with Crippen LogP contribution in [0.3, 0.4) is 0 Å². The van der Waals surface area contributed by atoms with Crippen LogP contribution < -0.4 is 0 Å². The third-order valence-electron chi connectivity index (χ3n) is 4.43. The smallest absolute Gasteiger partial charge is 0.353 e. The van der Waals surface area contributed by atoms with Crippen molar-refractivity contribution >= 4 is 0 Å². The van der Waals surface area contributed by atoms with E-state index in [1.807, 2.05) is 0 Å². The molecule has 0 amide bonds. The quantitative estimate of drug-likeness (QED) is 0.245. The van der Waals surface area contributed by atoms with Crippen molar-refractivity contribution in [1.29, 1.82) is 0 Å². The van der Waals surface area contributed by atoms with Gasteiger partial charge < -0.3 is 9.47 Å². The highest BCUT2D eigenvalue weighted by Gasteiger charge is 2.86. The fraction of sp³-hybridized carbons (Fsp3) is 1.00. The maximum absolute atomic E-state index is 13.5. The highest BCUT2D eigenvalue weighted by Crippen LogP contribution is 2.58. The molecular formula is C16H21F11O2. The molecule has 0 aliphatic carbocycles. The largest absolute Gasteiger partial charge is 0.460 e. The number of hydrogen-bond donors (Lipinski definition) is 0. The topological polar surface area (TPSA) is 18.5 Å². The van der Waals surface area contributed by atoms with Crippen LogP contribution in [-0.4, -0.2) is 49.4 Å². The summed E-state index contributed by atoms with van der Waals surface area (Å²) in [6, 6.07) is 0. The molecule has 0 radical (unpaired) electrons. The van der Waals surface area contributed by atoms with Gasteiger partial charge >= 0.3 is 29.9 Å². The van der Waals surface area contributed by atoms with E-state index < -0.39 is 42.7 Å². The lowest BCUT2D eigenvalue weighted by Gasteiger charge is -2.37. The van der Waals surface area contributed by atoms with Crippen LogP contribution in [0.4, 0.5) is 48.3 Å². The molecule has 0 saturated carbocycles. The third-order valence-corrected chi connectivity index (χ3v) is 4.43. The summed E-state index contributed by atoms with van der Waals surface area (Å²) in [6.07, 6.45) is -7.55. The van der Waals surface area contributed by atoms with Crippen molar-refractivity contribution in [1.82, 2.24) is 0 Å². The Morgan fingerprint density at radius 3 is 1.76 bits per heavy atom. The van der Waals surface area contributed by atoms with Gasteiger partial charge in [0.25, 0.3) is 0 Å². The van der Waals surface area contributed by atoms with Crippen molar-refractivity contribution in [2.75, 3.05) is 13.2 Å². The van der Waals surface area contributed by atoms with Crippen molar-refractivity contribution in [2.24, 2.45) is 0 Å². The Kier molecular flexibility index (Phi) is 8.60. The highest BCUT2D eigenvalue weighted by atomic mass is 19.4. The minimum atomic E-state index is -7.32. The van der Waals surface area contributed by atoms with Gasteiger partial charge in [-0.25, -0.2) is 0 Å². The zero-order chi connectivity index (χ0) is 22.6. The van der Waals surface area contributed by atoms with Crippen LogP contribution in [-0.2, 0) is 9.47 Å². The molecule has 1 heterocycles. The summed E-state index contributed by atoms with van der Waals surface area (Å²) in [6.45, 7) is 0.884. The number of alkyl halides is 11. The molecule has 1 aliphatic heterocycles. The van der Waals surface area contributed by atoms with Crippen molar-refractivity contribution < 1.29 is 57.8 Å². The standard InChI is InChI=1S/C16H21F11O2/c17-12(18,13(19,20)14(21,22)15(23,24)16(25,26)27)8-4-2-1-3-5-9-28-11-7-6-10-29-11/h11H,1-10H2. The second-order valence-electron chi connectivity index (χ2n) is 6.76. The van der Waals surface area contributed by atoms with Crippen molar-refractivity contribution in [3.63, 3.8) is 0 Å². The molecule has 13 heteroatoms. The first-order valence-corrected chi connectivity index (χ1v) is 8.89. The number of rotatable bonds is 12. The molecule has 0 bridgehead atoms. The number of hydrogen-bond acceptors (Lipinski definition) is 2. The fourth-order valence-corrected chi connectivity index (χ4v) is 2.64. The van der Waals surface area contributed by atoms with Crippen LogP contribution in [0.2, 0.25) is 0 Å². The normalized spacial score (nSPS) is 19.8. The number of halogens is 11. The average Bonchev–Trinajstić information content (AvgIpc) is 3.09. The second kappa shape index (κ2) is 9.52. The summed E-state index contributed by atoms with van der Waals surface area (Å²) >= 11 is 0. The minimum Gasteiger partial charge on any atom is -0.353 e. The number of unbranched alkanes of at least 4 members (excludes halogenated alkanes) is 4. The van der Waals surface area contributed by atoms with Gasteiger partial charge in [-0.15, -0.1) is 0 Å². The van der Waals surface area contributed by atoms with Gasteiger partial charge in [0.2, 0.25) is 0 Å². The van der Waals surface area contributed by atoms with E-state index >= 15 is 0 Å². The molecule has 1 atom stereocenters. The van der Waals surface area contributed by atoms with Crippen LogP contribution >= 0.6 is 0 Å². The summed E-state index contributed by atoms with van der Waals surface area (Å²) in [5.41, 5.74) is 0. The Balaban J connectivity index is 2.45. The van der Waals surface area contributed by atoms with E-state index in [2.05, 4.69) is 0 Å². The first-order chi connectivity index (χ1) is 13.1. The lowest BCUT2D eigenvalue weighted by molar-refractivity contribution is -0.422. The third kappa shape index (κ3) is 5.86. The average molecular weight is 454 g/mol. The van der Waals surface area contributed by atoms with E-state index in [-0.39, 0.29) is 19.1 Å². The first kappa shape index (κ1) is 26.2. The van der Waals surface area contributed by atoms with Gasteiger partial charge in [0.15, 0.2) is 6.29 Å². The highest BCUT2D eigenvalue weighted by molar-refractivity contribution is 5.06. The summed E-state index contributed by atoms with van der Waals surface area (Å²) in [7, 11) is 0. The van der Waals surface area contributed by atoms with Gasteiger partial charge in [0.1, 0.15) is 0 Å². The monoisotopic (exact) mass is 454 g/mol. The van der Waals surface area contributed by atoms with E-state index in [1.54, 1.807) is 0 Å². The van der Waals surface area contributed by atoms with Crippen molar-refractivity contribution in [3.8, 4) is 0 Å². The Morgan fingerprint density at radius 1 is 0.690 bits per heavy atom. The predicted molar refractivity (Wildman–Crippen MR) is 78.5 cm³/mol. The molecule has 1 unspecified atom stereocenters. The first-order valence-electron chi connectivity index (χ1n) is 8.89. The van der Waals surface area contributed by atoms with E-state index in [4.69, 9.17) is 9.47 Å². The van der Waals surface area contributed by atoms with E-state index in [9.17, 15) is 48.3 Å². The molecule has 0 N–H and O–H groups in total. The molecule has 0 aromatic heterocycles. The summed E-state index contributed by atoms with van der Waals surface area (Å²) in [5, 5.41) is 0. The van der Waals surface area contributed by atoms with Gasteiger partial charge in [-0.05, 0) is 19.3 Å². The maximum atomic E-state index is 13.5. The Hall–Kier alpha value is -0.850. The Morgan fingerprint density at radius 2 is 1.24 bits per heavy atom. The summed E-state index contributed by atoms with van der Waals surface area (Å²) in [4.78, 5) is 0. The van der Waals surface area contributed by atoms with Crippen LogP contribution in [0.25, 0.3) is 0 Å². The molecule has 1 rings (SSSR count). The zero-order valence-electron chi connectivity index (χ0n) is 15.1. The van der Waals surface area contributed by atoms with Gasteiger partial charge in [-0.1, -0.05) is 19.3 Å². The number of ether oxygens (including phenoxy) is 2. The zero-order valence-corrected chi connectivity index (χ0v) is 15.1. The molecule has 0 spiro atoms. The Labute approximate surface area is 159 Å². The predicted octanol–water partition coefficient (Wildman–Crippen LogP) is 6.58. The van der Waals surface area contributed by atoms with E-state index in [1.165, 1.54) is 0 Å². The van der Waals surface area contributed by atoms with E-state index in [0.29, 0.717) is 26.1 Å². The maximum Gasteiger partial charge on any atom is 0.460 e. The van der Waals surface area contributed by atoms with Crippen LogP contribution in [0, 0.1) is 0 Å². The second-order valence-corrected chi connectivity index (χ2v) is 6.76. The Bertz CT molecular complexity index is 500. The summed E-state index contributed by atoms with van der Waals surface area (Å²) < 4.78 is 152. The lowest BCUT2D eigenvalue weighted by atomic mass is 9.94. The van der Waals surface area contributed by atoms with Crippen molar-refractivity contribution in [3.05, 3.63) is 0 Å². The molecule has 1 saturated heterocycles. The van der Waals surface area contributed by atoms with Gasteiger partial charge in [-0.2, -0.15) is 48.3 Å². The molecule has 1 aliphatic rings. The van der Waals surface area contributed by atoms with Crippen molar-refractivity contribution in [2.45, 2.75) is 87.5 Å². The SMILES string of the molecule is FC(F)(F)C(F)(F)C(F)(F)C(F)(F)C(F)(F)CCCCCCCOC1CCCO1. The molecule has 2 nitrogen and oxygen atoms in total. The molecule has 174 valence electrons.